The van der Waals surface area contributed by atoms with Gasteiger partial charge in [-0.05, 0) is 44.6 Å². The number of ether oxygens (including phenoxy) is 1. The largest absolute Gasteiger partial charge is 0.468 e. The van der Waals surface area contributed by atoms with Gasteiger partial charge in [-0.25, -0.2) is 0 Å². The lowest BCUT2D eigenvalue weighted by Gasteiger charge is -2.42. The Bertz CT molecular complexity index is 339. The van der Waals surface area contributed by atoms with Crippen LogP contribution in [0.15, 0.2) is 0 Å². The maximum Gasteiger partial charge on any atom is 0.327 e. The summed E-state index contributed by atoms with van der Waals surface area (Å²) in [6.07, 6.45) is 4.85. The van der Waals surface area contributed by atoms with Crippen LogP contribution in [-0.2, 0) is 9.53 Å². The van der Waals surface area contributed by atoms with Crippen LogP contribution in [0.5, 0.6) is 0 Å². The van der Waals surface area contributed by atoms with Crippen molar-refractivity contribution in [3.63, 3.8) is 0 Å². The monoisotopic (exact) mass is 268 g/mol. The summed E-state index contributed by atoms with van der Waals surface area (Å²) in [4.78, 5) is 14.5. The molecule has 1 N–H and O–H groups in total. The molecule has 1 aliphatic heterocycles. The van der Waals surface area contributed by atoms with Crippen molar-refractivity contribution in [1.82, 2.24) is 10.2 Å². The van der Waals surface area contributed by atoms with Gasteiger partial charge in [0.05, 0.1) is 7.11 Å². The molecule has 0 spiro atoms. The molecule has 19 heavy (non-hydrogen) atoms. The van der Waals surface area contributed by atoms with Crippen LogP contribution < -0.4 is 5.32 Å². The molecule has 2 fully saturated rings. The predicted molar refractivity (Wildman–Crippen MR) is 76.0 cm³/mol. The summed E-state index contributed by atoms with van der Waals surface area (Å²) in [7, 11) is 1.48. The maximum absolute atomic E-state index is 12.1. The highest BCUT2D eigenvalue weighted by Crippen LogP contribution is 2.30. The van der Waals surface area contributed by atoms with Gasteiger partial charge in [-0.15, -0.1) is 0 Å². The van der Waals surface area contributed by atoms with E-state index in [4.69, 9.17) is 4.74 Å². The molecule has 110 valence electrons. The molecule has 0 aromatic heterocycles. The molecule has 2 rings (SSSR count). The molecule has 1 unspecified atom stereocenters. The Hall–Kier alpha value is -0.610. The fraction of sp³-hybridized carbons (Fsp3) is 0.933. The fourth-order valence-corrected chi connectivity index (χ4v) is 3.20. The zero-order valence-electron chi connectivity index (χ0n) is 12.8. The standard InChI is InChI=1S/C15H28N2O2/c1-14(2)8-5-9-17(10-14)11-15(3,13(18)19-4)16-12-6-7-12/h12,16H,5-11H2,1-4H3. The van der Waals surface area contributed by atoms with Crippen molar-refractivity contribution in [3.05, 3.63) is 0 Å². The number of esters is 1. The second-order valence-electron chi connectivity index (χ2n) is 7.22. The molecule has 1 heterocycles. The molecule has 2 aliphatic rings. The van der Waals surface area contributed by atoms with Crippen molar-refractivity contribution in [1.29, 1.82) is 0 Å². The molecule has 4 nitrogen and oxygen atoms in total. The summed E-state index contributed by atoms with van der Waals surface area (Å²) in [5.74, 6) is -0.136. The van der Waals surface area contributed by atoms with Gasteiger partial charge in [0.2, 0.25) is 0 Å². The highest BCUT2D eigenvalue weighted by Gasteiger charge is 2.42. The van der Waals surface area contributed by atoms with Gasteiger partial charge in [0.25, 0.3) is 0 Å². The van der Waals surface area contributed by atoms with E-state index < -0.39 is 5.54 Å². The fourth-order valence-electron chi connectivity index (χ4n) is 3.20. The highest BCUT2D eigenvalue weighted by atomic mass is 16.5. The zero-order chi connectivity index (χ0) is 14.1. The maximum atomic E-state index is 12.1. The van der Waals surface area contributed by atoms with E-state index in [-0.39, 0.29) is 5.97 Å². The molecule has 0 radical (unpaired) electrons. The van der Waals surface area contributed by atoms with Crippen LogP contribution in [0.3, 0.4) is 0 Å². The van der Waals surface area contributed by atoms with E-state index in [0.717, 1.165) is 19.6 Å². The van der Waals surface area contributed by atoms with Crippen LogP contribution >= 0.6 is 0 Å². The van der Waals surface area contributed by atoms with Crippen LogP contribution in [0.1, 0.15) is 46.5 Å². The van der Waals surface area contributed by atoms with Crippen molar-refractivity contribution in [2.24, 2.45) is 5.41 Å². The molecular formula is C15H28N2O2. The first-order valence-corrected chi connectivity index (χ1v) is 7.43. The van der Waals surface area contributed by atoms with Crippen molar-refractivity contribution < 1.29 is 9.53 Å². The Morgan fingerprint density at radius 1 is 1.47 bits per heavy atom. The van der Waals surface area contributed by atoms with E-state index in [0.29, 0.717) is 11.5 Å². The Balaban J connectivity index is 2.00. The lowest BCUT2D eigenvalue weighted by molar-refractivity contribution is -0.149. The van der Waals surface area contributed by atoms with Gasteiger partial charge in [0.15, 0.2) is 0 Å². The molecule has 0 aromatic rings. The number of methoxy groups -OCH3 is 1. The minimum atomic E-state index is -0.566. The van der Waals surface area contributed by atoms with Crippen LogP contribution in [0.2, 0.25) is 0 Å². The lowest BCUT2D eigenvalue weighted by atomic mass is 9.83. The minimum absolute atomic E-state index is 0.136. The second-order valence-corrected chi connectivity index (χ2v) is 7.22. The molecule has 4 heteroatoms. The van der Waals surface area contributed by atoms with Gasteiger partial charge >= 0.3 is 5.97 Å². The van der Waals surface area contributed by atoms with Gasteiger partial charge in [0.1, 0.15) is 5.54 Å². The highest BCUT2D eigenvalue weighted by molar-refractivity contribution is 5.80. The number of nitrogens with zero attached hydrogens (tertiary/aromatic N) is 1. The first-order chi connectivity index (χ1) is 8.85. The van der Waals surface area contributed by atoms with Gasteiger partial charge in [-0.2, -0.15) is 0 Å². The third-order valence-corrected chi connectivity index (χ3v) is 4.26. The Morgan fingerprint density at radius 3 is 2.68 bits per heavy atom. The van der Waals surface area contributed by atoms with Crippen molar-refractivity contribution >= 4 is 5.97 Å². The van der Waals surface area contributed by atoms with E-state index >= 15 is 0 Å². The molecule has 1 saturated heterocycles. The molecule has 0 bridgehead atoms. The van der Waals surface area contributed by atoms with Crippen LogP contribution in [-0.4, -0.2) is 49.2 Å². The summed E-state index contributed by atoms with van der Waals surface area (Å²) >= 11 is 0. The van der Waals surface area contributed by atoms with E-state index in [1.165, 1.54) is 32.8 Å². The number of hydrogen-bond acceptors (Lipinski definition) is 4. The third kappa shape index (κ3) is 3.93. The van der Waals surface area contributed by atoms with E-state index in [9.17, 15) is 4.79 Å². The van der Waals surface area contributed by atoms with E-state index in [2.05, 4.69) is 24.1 Å². The molecule has 1 atom stereocenters. The summed E-state index contributed by atoms with van der Waals surface area (Å²) in [5.41, 5.74) is -0.210. The summed E-state index contributed by atoms with van der Waals surface area (Å²) in [5, 5.41) is 3.48. The van der Waals surface area contributed by atoms with Gasteiger partial charge in [-0.1, -0.05) is 13.8 Å². The number of rotatable bonds is 5. The first kappa shape index (κ1) is 14.8. The Morgan fingerprint density at radius 2 is 2.16 bits per heavy atom. The third-order valence-electron chi connectivity index (χ3n) is 4.26. The predicted octanol–water partition coefficient (Wildman–Crippen LogP) is 1.79. The van der Waals surface area contributed by atoms with E-state index in [1.54, 1.807) is 0 Å². The average molecular weight is 268 g/mol. The average Bonchev–Trinajstić information content (AvgIpc) is 3.10. The molecular weight excluding hydrogens is 240 g/mol. The minimum Gasteiger partial charge on any atom is -0.468 e. The molecule has 0 amide bonds. The SMILES string of the molecule is COC(=O)C(C)(CN1CCCC(C)(C)C1)NC1CC1. The van der Waals surface area contributed by atoms with Crippen LogP contribution in [0.25, 0.3) is 0 Å². The van der Waals surface area contributed by atoms with Crippen molar-refractivity contribution in [2.45, 2.75) is 58.0 Å². The Labute approximate surface area is 116 Å². The van der Waals surface area contributed by atoms with Crippen molar-refractivity contribution in [2.75, 3.05) is 26.7 Å². The molecule has 1 aliphatic carbocycles. The summed E-state index contributed by atoms with van der Waals surface area (Å²) < 4.78 is 5.01. The van der Waals surface area contributed by atoms with Gasteiger partial charge < -0.3 is 9.64 Å². The number of piperidine rings is 1. The zero-order valence-corrected chi connectivity index (χ0v) is 12.8. The number of carbonyl (C=O) groups excluding carboxylic acids is 1. The van der Waals surface area contributed by atoms with Crippen LogP contribution in [0.4, 0.5) is 0 Å². The first-order valence-electron chi connectivity index (χ1n) is 7.43. The quantitative estimate of drug-likeness (QED) is 0.772. The van der Waals surface area contributed by atoms with E-state index in [1.807, 2.05) is 6.92 Å². The number of carbonyl (C=O) groups is 1. The Kier molecular flexibility index (Phi) is 4.21. The number of likely N-dealkylation sites (tertiary alicyclic amines) is 1. The molecule has 1 saturated carbocycles. The number of hydrogen-bond donors (Lipinski definition) is 1. The van der Waals surface area contributed by atoms with Gasteiger partial charge in [0, 0.05) is 19.1 Å². The topological polar surface area (TPSA) is 41.6 Å². The smallest absolute Gasteiger partial charge is 0.327 e. The van der Waals surface area contributed by atoms with Gasteiger partial charge in [-0.3, -0.25) is 10.1 Å². The summed E-state index contributed by atoms with van der Waals surface area (Å²) in [6, 6.07) is 0.502. The lowest BCUT2D eigenvalue weighted by Crippen LogP contribution is -2.59. The normalized spacial score (nSPS) is 26.7. The van der Waals surface area contributed by atoms with Crippen molar-refractivity contribution in [3.8, 4) is 0 Å². The second kappa shape index (κ2) is 5.41. The number of nitrogens with one attached hydrogen (secondary N) is 1. The summed E-state index contributed by atoms with van der Waals surface area (Å²) in [6.45, 7) is 9.50. The molecule has 0 aromatic carbocycles. The van der Waals surface area contributed by atoms with Crippen LogP contribution in [0, 0.1) is 5.41 Å².